The molecule has 0 spiro atoms. The van der Waals surface area contributed by atoms with Gasteiger partial charge in [0.1, 0.15) is 0 Å². The number of hydrogen-bond acceptors (Lipinski definition) is 3. The summed E-state index contributed by atoms with van der Waals surface area (Å²) in [6.07, 6.45) is 5.70. The van der Waals surface area contributed by atoms with Crippen molar-refractivity contribution in [2.24, 2.45) is 17.8 Å². The summed E-state index contributed by atoms with van der Waals surface area (Å²) in [4.78, 5) is 24.9. The largest absolute Gasteiger partial charge is 0.481 e. The van der Waals surface area contributed by atoms with E-state index in [0.29, 0.717) is 12.5 Å². The van der Waals surface area contributed by atoms with Crippen LogP contribution >= 0.6 is 0 Å². The third kappa shape index (κ3) is 4.99. The lowest BCUT2D eigenvalue weighted by Gasteiger charge is -2.31. The highest BCUT2D eigenvalue weighted by Gasteiger charge is 2.26. The monoisotopic (exact) mass is 296 g/mol. The van der Waals surface area contributed by atoms with Crippen molar-refractivity contribution < 1.29 is 14.7 Å². The molecule has 0 aromatic rings. The van der Waals surface area contributed by atoms with Gasteiger partial charge in [-0.1, -0.05) is 6.92 Å². The minimum Gasteiger partial charge on any atom is -0.481 e. The van der Waals surface area contributed by atoms with Crippen molar-refractivity contribution >= 4 is 11.9 Å². The third-order valence-corrected chi connectivity index (χ3v) is 5.04. The molecular formula is C16H28N2O3. The van der Waals surface area contributed by atoms with Gasteiger partial charge in [-0.15, -0.1) is 0 Å². The molecule has 2 N–H and O–H groups in total. The molecule has 0 atom stereocenters. The molecule has 120 valence electrons. The number of aliphatic carboxylic acids is 1. The Morgan fingerprint density at radius 2 is 1.71 bits per heavy atom. The van der Waals surface area contributed by atoms with E-state index in [9.17, 15) is 9.59 Å². The van der Waals surface area contributed by atoms with Crippen LogP contribution in [0.3, 0.4) is 0 Å². The molecule has 2 rings (SSSR count). The molecule has 5 heteroatoms. The van der Waals surface area contributed by atoms with Crippen molar-refractivity contribution in [3.8, 4) is 0 Å². The normalized spacial score (nSPS) is 27.6. The first-order valence-corrected chi connectivity index (χ1v) is 8.27. The van der Waals surface area contributed by atoms with Crippen molar-refractivity contribution in [1.29, 1.82) is 0 Å². The van der Waals surface area contributed by atoms with Crippen LogP contribution < -0.4 is 5.32 Å². The number of nitrogens with one attached hydrogen (secondary N) is 1. The number of carbonyl (C=O) groups excluding carboxylic acids is 1. The van der Waals surface area contributed by atoms with Gasteiger partial charge < -0.3 is 15.3 Å². The Morgan fingerprint density at radius 3 is 2.29 bits per heavy atom. The molecule has 0 bridgehead atoms. The second-order valence-corrected chi connectivity index (χ2v) is 6.75. The quantitative estimate of drug-likeness (QED) is 0.810. The van der Waals surface area contributed by atoms with E-state index >= 15 is 0 Å². The first-order valence-electron chi connectivity index (χ1n) is 8.27. The predicted molar refractivity (Wildman–Crippen MR) is 80.9 cm³/mol. The van der Waals surface area contributed by atoms with Crippen LogP contribution in [0, 0.1) is 17.8 Å². The smallest absolute Gasteiger partial charge is 0.306 e. The summed E-state index contributed by atoms with van der Waals surface area (Å²) in [5, 5.41) is 12.2. The summed E-state index contributed by atoms with van der Waals surface area (Å²) in [5.41, 5.74) is 0. The zero-order valence-corrected chi connectivity index (χ0v) is 13.0. The average Bonchev–Trinajstić information content (AvgIpc) is 2.48. The van der Waals surface area contributed by atoms with E-state index in [1.54, 1.807) is 0 Å². The number of carbonyl (C=O) groups is 2. The lowest BCUT2D eigenvalue weighted by atomic mass is 9.82. The Hall–Kier alpha value is -1.10. The van der Waals surface area contributed by atoms with Crippen molar-refractivity contribution in [2.75, 3.05) is 26.2 Å². The van der Waals surface area contributed by atoms with Gasteiger partial charge in [-0.3, -0.25) is 9.59 Å². The average molecular weight is 296 g/mol. The second kappa shape index (κ2) is 7.78. The molecule has 1 heterocycles. The zero-order chi connectivity index (χ0) is 15.2. The maximum Gasteiger partial charge on any atom is 0.306 e. The van der Waals surface area contributed by atoms with Gasteiger partial charge in [0, 0.05) is 13.1 Å². The number of hydrogen-bond donors (Lipinski definition) is 2. The highest BCUT2D eigenvalue weighted by molar-refractivity contribution is 5.78. The first kappa shape index (κ1) is 16.3. The van der Waals surface area contributed by atoms with Crippen molar-refractivity contribution in [1.82, 2.24) is 10.2 Å². The van der Waals surface area contributed by atoms with Crippen LogP contribution in [-0.4, -0.2) is 48.1 Å². The number of carboxylic acid groups (broad SMARTS) is 1. The molecule has 0 unspecified atom stereocenters. The minimum absolute atomic E-state index is 0.154. The van der Waals surface area contributed by atoms with Gasteiger partial charge in [-0.2, -0.15) is 0 Å². The summed E-state index contributed by atoms with van der Waals surface area (Å²) in [6, 6.07) is 0. The van der Waals surface area contributed by atoms with E-state index < -0.39 is 5.97 Å². The summed E-state index contributed by atoms with van der Waals surface area (Å²) < 4.78 is 0. The number of likely N-dealkylation sites (tertiary alicyclic amines) is 1. The Morgan fingerprint density at radius 1 is 1.10 bits per heavy atom. The van der Waals surface area contributed by atoms with E-state index in [1.807, 2.05) is 4.90 Å². The van der Waals surface area contributed by atoms with Gasteiger partial charge >= 0.3 is 5.97 Å². The van der Waals surface area contributed by atoms with Crippen LogP contribution in [0.15, 0.2) is 0 Å². The third-order valence-electron chi connectivity index (χ3n) is 5.04. The highest BCUT2D eigenvalue weighted by Crippen LogP contribution is 2.28. The van der Waals surface area contributed by atoms with Crippen LogP contribution in [-0.2, 0) is 9.59 Å². The summed E-state index contributed by atoms with van der Waals surface area (Å²) >= 11 is 0. The van der Waals surface area contributed by atoms with E-state index in [-0.39, 0.29) is 11.8 Å². The van der Waals surface area contributed by atoms with Gasteiger partial charge in [-0.25, -0.2) is 0 Å². The fraction of sp³-hybridized carbons (Fsp3) is 0.875. The molecule has 5 nitrogen and oxygen atoms in total. The number of amides is 1. The molecule has 2 fully saturated rings. The maximum atomic E-state index is 12.1. The molecule has 1 aliphatic carbocycles. The number of nitrogens with zero attached hydrogens (tertiary/aromatic N) is 1. The van der Waals surface area contributed by atoms with Crippen LogP contribution in [0.2, 0.25) is 0 Å². The van der Waals surface area contributed by atoms with Gasteiger partial charge in [0.2, 0.25) is 5.91 Å². The minimum atomic E-state index is -0.657. The molecule has 1 saturated heterocycles. The standard InChI is InChI=1S/C16H28N2O3/c1-12-6-8-18(9-7-12)15(19)11-17-10-13-2-4-14(5-3-13)16(20)21/h12-14,17H,2-11H2,1H3,(H,20,21). The van der Waals surface area contributed by atoms with E-state index in [2.05, 4.69) is 12.2 Å². The molecule has 21 heavy (non-hydrogen) atoms. The first-order chi connectivity index (χ1) is 10.1. The number of piperidine rings is 1. The Kier molecular flexibility index (Phi) is 6.03. The number of rotatable bonds is 5. The van der Waals surface area contributed by atoms with Crippen molar-refractivity contribution in [3.05, 3.63) is 0 Å². The lowest BCUT2D eigenvalue weighted by molar-refractivity contribution is -0.143. The van der Waals surface area contributed by atoms with Crippen LogP contribution in [0.4, 0.5) is 0 Å². The fourth-order valence-corrected chi connectivity index (χ4v) is 3.37. The second-order valence-electron chi connectivity index (χ2n) is 6.75. The van der Waals surface area contributed by atoms with E-state index in [0.717, 1.165) is 64.1 Å². The van der Waals surface area contributed by atoms with Gasteiger partial charge in [0.15, 0.2) is 0 Å². The van der Waals surface area contributed by atoms with E-state index in [4.69, 9.17) is 5.11 Å². The molecule has 0 aromatic heterocycles. The predicted octanol–water partition coefficient (Wildman–Crippen LogP) is 1.73. The molecule has 1 aliphatic heterocycles. The van der Waals surface area contributed by atoms with Gasteiger partial charge in [-0.05, 0) is 56.9 Å². The molecular weight excluding hydrogens is 268 g/mol. The van der Waals surface area contributed by atoms with E-state index in [1.165, 1.54) is 0 Å². The molecule has 1 amide bonds. The molecule has 0 radical (unpaired) electrons. The maximum absolute atomic E-state index is 12.1. The van der Waals surface area contributed by atoms with Crippen LogP contribution in [0.25, 0.3) is 0 Å². The summed E-state index contributed by atoms with van der Waals surface area (Å²) in [5.74, 6) is 0.663. The Labute approximate surface area is 127 Å². The summed E-state index contributed by atoms with van der Waals surface area (Å²) in [6.45, 7) is 5.29. The Balaban J connectivity index is 1.59. The fourth-order valence-electron chi connectivity index (χ4n) is 3.37. The molecule has 0 aromatic carbocycles. The topological polar surface area (TPSA) is 69.6 Å². The highest BCUT2D eigenvalue weighted by atomic mass is 16.4. The van der Waals surface area contributed by atoms with Crippen LogP contribution in [0.5, 0.6) is 0 Å². The van der Waals surface area contributed by atoms with Gasteiger partial charge in [0.25, 0.3) is 0 Å². The zero-order valence-electron chi connectivity index (χ0n) is 13.0. The molecule has 1 saturated carbocycles. The van der Waals surface area contributed by atoms with Crippen LogP contribution in [0.1, 0.15) is 45.4 Å². The van der Waals surface area contributed by atoms with Gasteiger partial charge in [0.05, 0.1) is 12.5 Å². The number of carboxylic acids is 1. The molecule has 2 aliphatic rings. The SMILES string of the molecule is CC1CCN(C(=O)CNCC2CCC(C(=O)O)CC2)CC1. The van der Waals surface area contributed by atoms with Crippen molar-refractivity contribution in [2.45, 2.75) is 45.4 Å². The summed E-state index contributed by atoms with van der Waals surface area (Å²) in [7, 11) is 0. The lowest BCUT2D eigenvalue weighted by Crippen LogP contribution is -2.43. The van der Waals surface area contributed by atoms with Crippen molar-refractivity contribution in [3.63, 3.8) is 0 Å². The Bertz CT molecular complexity index is 357.